The van der Waals surface area contributed by atoms with Crippen LogP contribution in [0.3, 0.4) is 0 Å². The van der Waals surface area contributed by atoms with Crippen molar-refractivity contribution in [2.75, 3.05) is 6.54 Å². The van der Waals surface area contributed by atoms with E-state index >= 15 is 4.39 Å². The second kappa shape index (κ2) is 16.8. The number of carbonyl (C=O) groups excluding carboxylic acids is 5. The highest BCUT2D eigenvalue weighted by atomic mass is 19.1. The molecule has 2 amide bonds. The number of ether oxygens (including phenoxy) is 4. The first kappa shape index (κ1) is 43.0. The number of halogens is 1. The minimum Gasteiger partial charge on any atom is -0.464 e. The van der Waals surface area contributed by atoms with Crippen molar-refractivity contribution in [1.82, 2.24) is 10.6 Å². The molecule has 56 heavy (non-hydrogen) atoms. The average molecular weight is 785 g/mol. The van der Waals surface area contributed by atoms with Crippen molar-refractivity contribution >= 4 is 29.5 Å². The maximum atomic E-state index is 16.8. The number of esters is 1. The molecular weight excluding hydrogens is 727 g/mol. The molecule has 0 saturated carbocycles. The zero-order valence-electron chi connectivity index (χ0n) is 33.8. The Bertz CT molecular complexity index is 1760. The van der Waals surface area contributed by atoms with E-state index in [2.05, 4.69) is 10.6 Å². The van der Waals surface area contributed by atoms with Crippen LogP contribution in [0, 0.1) is 29.1 Å². The van der Waals surface area contributed by atoms with Gasteiger partial charge in [-0.3, -0.25) is 14.4 Å². The van der Waals surface area contributed by atoms with E-state index in [1.165, 1.54) is 20.1 Å². The number of hydrogen-bond acceptors (Lipinski definition) is 11. The number of hydrogen-bond donors (Lipinski definition) is 3. The highest BCUT2D eigenvalue weighted by molar-refractivity contribution is 6.08. The van der Waals surface area contributed by atoms with Crippen molar-refractivity contribution in [2.24, 2.45) is 29.1 Å². The third-order valence-electron chi connectivity index (χ3n) is 11.9. The second-order valence-corrected chi connectivity index (χ2v) is 17.1. The van der Waals surface area contributed by atoms with Crippen LogP contribution in [0.2, 0.25) is 0 Å². The number of aliphatic hydroxyl groups excluding tert-OH is 1. The standard InChI is InChI=1S/C42H57FN2O11/c1-22-19-24(3)53-37(33(22)48)55-36-26(5)35(49)41(8,43)38(50)54-30(16-17-44-31(46)20-27-13-10-11-14-28(27)29-15-12-18-52-29)42(9)34(45-39(51)56-42)25(4)32(47)23(2)21-40(36,6)7/h10-15,18,22-26,30,33-34,36-37,48H,16-17,19-21H2,1-9H3,(H,44,46)(H,45,51)/t22?,23-,24?,25+,26+,30-,33?,34-,36-,37?,41+,42-/m1/s1. The van der Waals surface area contributed by atoms with Crippen LogP contribution in [0.1, 0.15) is 87.1 Å². The second-order valence-electron chi connectivity index (χ2n) is 17.1. The molecule has 4 unspecified atom stereocenters. The summed E-state index contributed by atoms with van der Waals surface area (Å²) in [4.78, 5) is 68.5. The Hall–Kier alpha value is -4.14. The van der Waals surface area contributed by atoms with Crippen molar-refractivity contribution in [1.29, 1.82) is 0 Å². The van der Waals surface area contributed by atoms with Crippen molar-refractivity contribution < 1.29 is 56.8 Å². The highest BCUT2D eigenvalue weighted by Gasteiger charge is 2.59. The van der Waals surface area contributed by atoms with E-state index < -0.39 is 82.9 Å². The molecule has 13 nitrogen and oxygen atoms in total. The van der Waals surface area contributed by atoms with Crippen LogP contribution < -0.4 is 10.6 Å². The summed E-state index contributed by atoms with van der Waals surface area (Å²) in [5.74, 6) is -5.71. The zero-order valence-corrected chi connectivity index (χ0v) is 33.8. The molecule has 3 aliphatic rings. The number of alkyl halides is 1. The molecule has 1 aromatic carbocycles. The molecule has 0 aliphatic carbocycles. The van der Waals surface area contributed by atoms with Gasteiger partial charge in [-0.1, -0.05) is 65.8 Å². The lowest BCUT2D eigenvalue weighted by Gasteiger charge is -2.45. The quantitative estimate of drug-likeness (QED) is 0.228. The van der Waals surface area contributed by atoms with Gasteiger partial charge in [-0.15, -0.1) is 0 Å². The largest absolute Gasteiger partial charge is 0.464 e. The minimum absolute atomic E-state index is 0.0174. The third-order valence-corrected chi connectivity index (χ3v) is 11.9. The lowest BCUT2D eigenvalue weighted by Crippen LogP contribution is -2.59. The van der Waals surface area contributed by atoms with Gasteiger partial charge >= 0.3 is 12.1 Å². The molecule has 3 N–H and O–H groups in total. The summed E-state index contributed by atoms with van der Waals surface area (Å²) in [7, 11) is 0. The summed E-state index contributed by atoms with van der Waals surface area (Å²) >= 11 is 0. The minimum atomic E-state index is -3.21. The predicted molar refractivity (Wildman–Crippen MR) is 202 cm³/mol. The predicted octanol–water partition coefficient (Wildman–Crippen LogP) is 5.50. The Balaban J connectivity index is 1.44. The van der Waals surface area contributed by atoms with Crippen molar-refractivity contribution in [3.8, 4) is 11.3 Å². The van der Waals surface area contributed by atoms with Gasteiger partial charge in [0, 0.05) is 36.3 Å². The molecule has 3 aliphatic heterocycles. The number of aliphatic hydroxyl groups is 1. The third kappa shape index (κ3) is 8.87. The molecule has 2 aromatic rings. The van der Waals surface area contributed by atoms with Gasteiger partial charge in [0.15, 0.2) is 17.7 Å². The highest BCUT2D eigenvalue weighted by Crippen LogP contribution is 2.43. The number of furan rings is 1. The van der Waals surface area contributed by atoms with Crippen LogP contribution >= 0.6 is 0 Å². The van der Waals surface area contributed by atoms with Crippen LogP contribution in [-0.2, 0) is 44.5 Å². The first-order valence-electron chi connectivity index (χ1n) is 19.5. The van der Waals surface area contributed by atoms with Gasteiger partial charge in [-0.25, -0.2) is 14.0 Å². The Labute approximate surface area is 327 Å². The van der Waals surface area contributed by atoms with E-state index in [1.807, 2.05) is 26.0 Å². The van der Waals surface area contributed by atoms with E-state index in [-0.39, 0.29) is 49.5 Å². The number of carbonyl (C=O) groups is 5. The lowest BCUT2D eigenvalue weighted by molar-refractivity contribution is -0.284. The summed E-state index contributed by atoms with van der Waals surface area (Å²) < 4.78 is 46.3. The van der Waals surface area contributed by atoms with E-state index in [0.717, 1.165) is 12.5 Å². The van der Waals surface area contributed by atoms with Crippen LogP contribution in [0.4, 0.5) is 9.18 Å². The van der Waals surface area contributed by atoms with Crippen molar-refractivity contribution in [2.45, 2.75) is 136 Å². The molecule has 3 saturated heterocycles. The lowest BCUT2D eigenvalue weighted by atomic mass is 9.69. The van der Waals surface area contributed by atoms with E-state index in [1.54, 1.807) is 52.0 Å². The topological polar surface area (TPSA) is 180 Å². The molecule has 1 aromatic heterocycles. The van der Waals surface area contributed by atoms with Crippen LogP contribution in [-0.4, -0.2) is 89.2 Å². The molecule has 0 radical (unpaired) electrons. The molecule has 4 heterocycles. The smallest absolute Gasteiger partial charge is 0.408 e. The fraction of sp³-hybridized carbons (Fsp3) is 0.643. The number of fused-ring (bicyclic) bond motifs is 1. The number of amides is 2. The molecule has 12 atom stereocenters. The number of rotatable bonds is 8. The van der Waals surface area contributed by atoms with Gasteiger partial charge in [-0.2, -0.15) is 0 Å². The molecule has 3 fully saturated rings. The van der Waals surface area contributed by atoms with Gasteiger partial charge in [0.25, 0.3) is 5.67 Å². The number of benzene rings is 1. The summed E-state index contributed by atoms with van der Waals surface area (Å²) in [6.07, 6.45) is -3.79. The summed E-state index contributed by atoms with van der Waals surface area (Å²) in [6, 6.07) is 9.76. The Morgan fingerprint density at radius 3 is 2.38 bits per heavy atom. The molecule has 5 rings (SSSR count). The Morgan fingerprint density at radius 1 is 1.00 bits per heavy atom. The number of cyclic esters (lactones) is 1. The average Bonchev–Trinajstić information content (AvgIpc) is 3.78. The first-order chi connectivity index (χ1) is 26.2. The Kier molecular flexibility index (Phi) is 12.9. The van der Waals surface area contributed by atoms with Crippen LogP contribution in [0.15, 0.2) is 47.1 Å². The maximum absolute atomic E-state index is 16.8. The molecule has 0 spiro atoms. The van der Waals surface area contributed by atoms with Crippen molar-refractivity contribution in [3.63, 3.8) is 0 Å². The van der Waals surface area contributed by atoms with E-state index in [0.29, 0.717) is 17.7 Å². The van der Waals surface area contributed by atoms with E-state index in [9.17, 15) is 29.1 Å². The normalized spacial score (nSPS) is 36.8. The number of alkyl carbamates (subject to hydrolysis) is 1. The van der Waals surface area contributed by atoms with E-state index in [4.69, 9.17) is 23.4 Å². The zero-order chi connectivity index (χ0) is 41.3. The molecule has 0 bridgehead atoms. The monoisotopic (exact) mass is 784 g/mol. The fourth-order valence-electron chi connectivity index (χ4n) is 8.89. The number of nitrogens with one attached hydrogen (secondary N) is 2. The fourth-order valence-corrected chi connectivity index (χ4v) is 8.89. The van der Waals surface area contributed by atoms with Gasteiger partial charge in [0.2, 0.25) is 5.91 Å². The molecule has 14 heteroatoms. The summed E-state index contributed by atoms with van der Waals surface area (Å²) in [5.41, 5.74) is -4.48. The number of Topliss-reactive ketones (excluding diaryl/α,β-unsaturated/α-hetero) is 2. The van der Waals surface area contributed by atoms with Gasteiger partial charge in [-0.05, 0) is 62.6 Å². The maximum Gasteiger partial charge on any atom is 0.408 e. The Morgan fingerprint density at radius 2 is 1.70 bits per heavy atom. The summed E-state index contributed by atoms with van der Waals surface area (Å²) in [6.45, 7) is 14.3. The molecule has 308 valence electrons. The SMILES string of the molecule is CC1CC(C)C(O)C(O[C@@H]2[C@@H](C)C(=O)[C@](C)(F)C(=O)O[C@H](CCNC(=O)Cc3ccccc3-c3ccco3)[C@@]3(C)OC(=O)N[C@@H]3[C@@H](C)C(=O)[C@H](C)CC2(C)C)O1. The van der Waals surface area contributed by atoms with Crippen LogP contribution in [0.5, 0.6) is 0 Å². The molecular formula is C42H57FN2O11. The van der Waals surface area contributed by atoms with Gasteiger partial charge < -0.3 is 39.1 Å². The number of ketones is 2. The summed E-state index contributed by atoms with van der Waals surface area (Å²) in [5, 5.41) is 16.6. The van der Waals surface area contributed by atoms with Crippen LogP contribution in [0.25, 0.3) is 11.3 Å². The van der Waals surface area contributed by atoms with Gasteiger partial charge in [0.05, 0.1) is 30.9 Å². The van der Waals surface area contributed by atoms with Crippen molar-refractivity contribution in [3.05, 3.63) is 48.2 Å². The first-order valence-corrected chi connectivity index (χ1v) is 19.5. The van der Waals surface area contributed by atoms with Gasteiger partial charge in [0.1, 0.15) is 23.8 Å².